The number of carboxylic acid groups (broad SMARTS) is 1. The van der Waals surface area contributed by atoms with Gasteiger partial charge in [0.05, 0.1) is 0 Å². The van der Waals surface area contributed by atoms with Gasteiger partial charge in [-0.05, 0) is 13.0 Å². The summed E-state index contributed by atoms with van der Waals surface area (Å²) in [4.78, 5) is 16.1. The number of anilines is 1. The predicted molar refractivity (Wildman–Crippen MR) is 59.2 cm³/mol. The molecule has 0 fully saturated rings. The van der Waals surface area contributed by atoms with Gasteiger partial charge < -0.3 is 10.0 Å². The Morgan fingerprint density at radius 3 is 2.81 bits per heavy atom. The normalized spacial score (nSPS) is 9.94. The zero-order valence-corrected chi connectivity index (χ0v) is 9.20. The van der Waals surface area contributed by atoms with E-state index in [0.29, 0.717) is 6.54 Å². The number of carboxylic acids is 1. The maximum absolute atomic E-state index is 13.7. The highest BCUT2D eigenvalue weighted by Crippen LogP contribution is 2.18. The Morgan fingerprint density at radius 2 is 2.31 bits per heavy atom. The average Bonchev–Trinajstić information content (AvgIpc) is 2.16. The minimum atomic E-state index is -1.30. The minimum absolute atomic E-state index is 0.0166. The third-order valence-corrected chi connectivity index (χ3v) is 1.97. The quantitative estimate of drug-likeness (QED) is 0.794. The SMILES string of the molecule is C=C(C)CN(C)c1nccc(C(=O)O)c1F. The standard InChI is InChI=1S/C11H13FN2O2/c1-7(2)6-14(3)10-9(12)8(11(15)16)4-5-13-10/h4-5H,1,6H2,2-3H3,(H,15,16). The molecular weight excluding hydrogens is 211 g/mol. The Hall–Kier alpha value is -1.91. The smallest absolute Gasteiger partial charge is 0.338 e. The maximum atomic E-state index is 13.7. The van der Waals surface area contributed by atoms with Crippen molar-refractivity contribution in [1.82, 2.24) is 4.98 Å². The maximum Gasteiger partial charge on any atom is 0.338 e. The fourth-order valence-corrected chi connectivity index (χ4v) is 1.34. The van der Waals surface area contributed by atoms with E-state index in [4.69, 9.17) is 5.11 Å². The lowest BCUT2D eigenvalue weighted by Gasteiger charge is -2.18. The van der Waals surface area contributed by atoms with E-state index in [9.17, 15) is 9.18 Å². The van der Waals surface area contributed by atoms with Gasteiger partial charge in [-0.15, -0.1) is 0 Å². The van der Waals surface area contributed by atoms with Gasteiger partial charge in [-0.2, -0.15) is 0 Å². The van der Waals surface area contributed by atoms with Gasteiger partial charge in [-0.3, -0.25) is 0 Å². The van der Waals surface area contributed by atoms with Crippen LogP contribution >= 0.6 is 0 Å². The van der Waals surface area contributed by atoms with Gasteiger partial charge in [-0.25, -0.2) is 14.2 Å². The molecule has 4 nitrogen and oxygen atoms in total. The molecule has 5 heteroatoms. The average molecular weight is 224 g/mol. The van der Waals surface area contributed by atoms with Crippen molar-refractivity contribution in [3.8, 4) is 0 Å². The predicted octanol–water partition coefficient (Wildman–Crippen LogP) is 1.93. The van der Waals surface area contributed by atoms with Gasteiger partial charge in [0.2, 0.25) is 0 Å². The second-order valence-corrected chi connectivity index (χ2v) is 3.61. The van der Waals surface area contributed by atoms with Crippen molar-refractivity contribution in [2.45, 2.75) is 6.92 Å². The second-order valence-electron chi connectivity index (χ2n) is 3.61. The van der Waals surface area contributed by atoms with E-state index in [1.807, 2.05) is 0 Å². The van der Waals surface area contributed by atoms with E-state index in [0.717, 1.165) is 11.6 Å². The number of nitrogens with zero attached hydrogens (tertiary/aromatic N) is 2. The molecular formula is C11H13FN2O2. The number of rotatable bonds is 4. The van der Waals surface area contributed by atoms with Crippen LogP contribution in [0.1, 0.15) is 17.3 Å². The first-order valence-electron chi connectivity index (χ1n) is 4.66. The molecule has 1 rings (SSSR count). The second kappa shape index (κ2) is 4.74. The molecule has 1 aromatic rings. The van der Waals surface area contributed by atoms with E-state index in [2.05, 4.69) is 11.6 Å². The summed E-state index contributed by atoms with van der Waals surface area (Å²) in [5, 5.41) is 8.75. The number of halogens is 1. The number of carbonyl (C=O) groups is 1. The summed E-state index contributed by atoms with van der Waals surface area (Å²) in [6.45, 7) is 5.92. The molecule has 0 aliphatic heterocycles. The van der Waals surface area contributed by atoms with Gasteiger partial charge in [0.1, 0.15) is 5.56 Å². The van der Waals surface area contributed by atoms with Crippen LogP contribution < -0.4 is 4.90 Å². The molecule has 0 bridgehead atoms. The van der Waals surface area contributed by atoms with Gasteiger partial charge in [0.25, 0.3) is 0 Å². The monoisotopic (exact) mass is 224 g/mol. The number of likely N-dealkylation sites (N-methyl/N-ethyl adjacent to an activating group) is 1. The topological polar surface area (TPSA) is 53.4 Å². The fourth-order valence-electron chi connectivity index (χ4n) is 1.34. The van der Waals surface area contributed by atoms with Crippen molar-refractivity contribution in [2.75, 3.05) is 18.5 Å². The van der Waals surface area contributed by atoms with E-state index in [-0.39, 0.29) is 11.4 Å². The van der Waals surface area contributed by atoms with E-state index in [1.54, 1.807) is 14.0 Å². The summed E-state index contributed by atoms with van der Waals surface area (Å²) in [5.41, 5.74) is 0.461. The van der Waals surface area contributed by atoms with Crippen LogP contribution in [0.3, 0.4) is 0 Å². The highest BCUT2D eigenvalue weighted by atomic mass is 19.1. The van der Waals surface area contributed by atoms with Crippen LogP contribution in [-0.2, 0) is 0 Å². The first-order valence-corrected chi connectivity index (χ1v) is 4.66. The number of pyridine rings is 1. The fraction of sp³-hybridized carbons (Fsp3) is 0.273. The molecule has 0 spiro atoms. The molecule has 1 aromatic heterocycles. The molecule has 0 aliphatic rings. The van der Waals surface area contributed by atoms with E-state index < -0.39 is 11.8 Å². The molecule has 16 heavy (non-hydrogen) atoms. The Bertz CT molecular complexity index is 432. The number of aromatic carboxylic acids is 1. The lowest BCUT2D eigenvalue weighted by molar-refractivity contribution is 0.0692. The van der Waals surface area contributed by atoms with Crippen molar-refractivity contribution >= 4 is 11.8 Å². The van der Waals surface area contributed by atoms with Gasteiger partial charge in [0.15, 0.2) is 11.6 Å². The van der Waals surface area contributed by atoms with E-state index in [1.165, 1.54) is 11.1 Å². The first kappa shape index (κ1) is 12.2. The zero-order valence-electron chi connectivity index (χ0n) is 9.20. The lowest BCUT2D eigenvalue weighted by atomic mass is 10.2. The van der Waals surface area contributed by atoms with Gasteiger partial charge in [-0.1, -0.05) is 12.2 Å². The molecule has 0 radical (unpaired) electrons. The molecule has 86 valence electrons. The van der Waals surface area contributed by atoms with Gasteiger partial charge >= 0.3 is 5.97 Å². The molecule has 0 atom stereocenters. The Labute approximate surface area is 93.0 Å². The first-order chi connectivity index (χ1) is 7.43. The van der Waals surface area contributed by atoms with Crippen molar-refractivity contribution in [3.05, 3.63) is 35.8 Å². The Kier molecular flexibility index (Phi) is 3.60. The highest BCUT2D eigenvalue weighted by molar-refractivity contribution is 5.88. The zero-order chi connectivity index (χ0) is 12.3. The van der Waals surface area contributed by atoms with E-state index >= 15 is 0 Å². The van der Waals surface area contributed by atoms with Crippen LogP contribution in [0.2, 0.25) is 0 Å². The molecule has 0 saturated carbocycles. The highest BCUT2D eigenvalue weighted by Gasteiger charge is 2.17. The summed E-state index contributed by atoms with van der Waals surface area (Å²) in [7, 11) is 1.63. The van der Waals surface area contributed by atoms with Crippen molar-refractivity contribution < 1.29 is 14.3 Å². The largest absolute Gasteiger partial charge is 0.478 e. The molecule has 1 heterocycles. The summed E-state index contributed by atoms with van der Waals surface area (Å²) in [6.07, 6.45) is 1.27. The minimum Gasteiger partial charge on any atom is -0.478 e. The van der Waals surface area contributed by atoms with Crippen LogP contribution in [0.15, 0.2) is 24.4 Å². The number of aromatic nitrogens is 1. The molecule has 0 amide bonds. The van der Waals surface area contributed by atoms with Crippen LogP contribution in [0, 0.1) is 5.82 Å². The molecule has 0 aliphatic carbocycles. The molecule has 0 aromatic carbocycles. The summed E-state index contributed by atoms with van der Waals surface area (Å²) >= 11 is 0. The third kappa shape index (κ3) is 2.56. The van der Waals surface area contributed by atoms with Crippen LogP contribution in [0.4, 0.5) is 10.2 Å². The van der Waals surface area contributed by atoms with Crippen LogP contribution in [0.25, 0.3) is 0 Å². The number of hydrogen-bond donors (Lipinski definition) is 1. The third-order valence-electron chi connectivity index (χ3n) is 1.97. The van der Waals surface area contributed by atoms with Gasteiger partial charge in [0, 0.05) is 19.8 Å². The van der Waals surface area contributed by atoms with Crippen LogP contribution in [-0.4, -0.2) is 29.7 Å². The summed E-state index contributed by atoms with van der Waals surface area (Å²) in [5.74, 6) is -2.11. The van der Waals surface area contributed by atoms with Crippen molar-refractivity contribution in [3.63, 3.8) is 0 Å². The van der Waals surface area contributed by atoms with Crippen molar-refractivity contribution in [2.24, 2.45) is 0 Å². The molecule has 0 unspecified atom stereocenters. The van der Waals surface area contributed by atoms with Crippen LogP contribution in [0.5, 0.6) is 0 Å². The number of hydrogen-bond acceptors (Lipinski definition) is 3. The lowest BCUT2D eigenvalue weighted by Crippen LogP contribution is -2.22. The summed E-state index contributed by atoms with van der Waals surface area (Å²) < 4.78 is 13.7. The van der Waals surface area contributed by atoms with Crippen molar-refractivity contribution in [1.29, 1.82) is 0 Å². The Morgan fingerprint density at radius 1 is 1.69 bits per heavy atom. The summed E-state index contributed by atoms with van der Waals surface area (Å²) in [6, 6.07) is 1.13. The Balaban J connectivity index is 3.10. The molecule has 0 saturated heterocycles. The molecule has 1 N–H and O–H groups in total.